The summed E-state index contributed by atoms with van der Waals surface area (Å²) in [6, 6.07) is 2.54. The van der Waals surface area contributed by atoms with Crippen molar-refractivity contribution in [3.05, 3.63) is 23.5 Å². The Morgan fingerprint density at radius 2 is 2.00 bits per heavy atom. The lowest BCUT2D eigenvalue weighted by atomic mass is 10.1. The molecule has 2 fully saturated rings. The molecule has 1 aromatic rings. The van der Waals surface area contributed by atoms with Gasteiger partial charge < -0.3 is 10.1 Å². The van der Waals surface area contributed by atoms with E-state index in [1.54, 1.807) is 18.5 Å². The van der Waals surface area contributed by atoms with Crippen LogP contribution in [0.4, 0.5) is 0 Å². The van der Waals surface area contributed by atoms with Crippen molar-refractivity contribution in [1.82, 2.24) is 10.3 Å². The zero-order valence-electron chi connectivity index (χ0n) is 10.4. The zero-order valence-corrected chi connectivity index (χ0v) is 11.2. The molecule has 2 aliphatic rings. The van der Waals surface area contributed by atoms with Crippen LogP contribution in [-0.2, 0) is 0 Å². The standard InChI is InChI=1S/C14H19ClN2O/c15-12-7-13(9-16-8-12)18-6-5-17-14(10-1-2-10)11-3-4-11/h7-11,14,17H,1-6H2. The highest BCUT2D eigenvalue weighted by Gasteiger charge is 2.40. The number of hydrogen-bond donors (Lipinski definition) is 1. The van der Waals surface area contributed by atoms with Crippen molar-refractivity contribution in [2.45, 2.75) is 31.7 Å². The van der Waals surface area contributed by atoms with Gasteiger partial charge >= 0.3 is 0 Å². The molecule has 1 aromatic heterocycles. The second kappa shape index (κ2) is 5.45. The Balaban J connectivity index is 1.39. The fraction of sp³-hybridized carbons (Fsp3) is 0.643. The molecule has 0 atom stereocenters. The zero-order chi connectivity index (χ0) is 12.4. The van der Waals surface area contributed by atoms with Crippen molar-refractivity contribution in [2.75, 3.05) is 13.2 Å². The van der Waals surface area contributed by atoms with Crippen LogP contribution in [-0.4, -0.2) is 24.2 Å². The van der Waals surface area contributed by atoms with E-state index in [2.05, 4.69) is 10.3 Å². The molecule has 2 saturated carbocycles. The van der Waals surface area contributed by atoms with Gasteiger partial charge in [-0.25, -0.2) is 0 Å². The van der Waals surface area contributed by atoms with Gasteiger partial charge in [0.1, 0.15) is 12.4 Å². The predicted octanol–water partition coefficient (Wildman–Crippen LogP) is 2.89. The van der Waals surface area contributed by atoms with Crippen molar-refractivity contribution in [1.29, 1.82) is 0 Å². The molecule has 0 radical (unpaired) electrons. The highest BCUT2D eigenvalue weighted by atomic mass is 35.5. The number of aromatic nitrogens is 1. The molecule has 0 bridgehead atoms. The molecular weight excluding hydrogens is 248 g/mol. The second-order valence-corrected chi connectivity index (χ2v) is 5.78. The number of nitrogens with one attached hydrogen (secondary N) is 1. The van der Waals surface area contributed by atoms with Crippen LogP contribution in [0.5, 0.6) is 5.75 Å². The van der Waals surface area contributed by atoms with E-state index in [1.165, 1.54) is 25.7 Å². The Kier molecular flexibility index (Phi) is 3.71. The molecule has 2 aliphatic carbocycles. The largest absolute Gasteiger partial charge is 0.491 e. The maximum Gasteiger partial charge on any atom is 0.139 e. The van der Waals surface area contributed by atoms with Gasteiger partial charge in [-0.2, -0.15) is 0 Å². The fourth-order valence-electron chi connectivity index (χ4n) is 2.49. The van der Waals surface area contributed by atoms with Gasteiger partial charge in [0, 0.05) is 24.8 Å². The fourth-order valence-corrected chi connectivity index (χ4v) is 2.66. The summed E-state index contributed by atoms with van der Waals surface area (Å²) < 4.78 is 5.63. The Morgan fingerprint density at radius 3 is 2.61 bits per heavy atom. The van der Waals surface area contributed by atoms with E-state index < -0.39 is 0 Å². The quantitative estimate of drug-likeness (QED) is 0.771. The van der Waals surface area contributed by atoms with Crippen LogP contribution in [0, 0.1) is 11.8 Å². The molecule has 4 heteroatoms. The molecule has 98 valence electrons. The van der Waals surface area contributed by atoms with Gasteiger partial charge in [0.15, 0.2) is 0 Å². The first-order valence-corrected chi connectivity index (χ1v) is 7.17. The Morgan fingerprint density at radius 1 is 1.28 bits per heavy atom. The van der Waals surface area contributed by atoms with E-state index in [1.807, 2.05) is 0 Å². The molecule has 1 heterocycles. The third kappa shape index (κ3) is 3.36. The summed E-state index contributed by atoms with van der Waals surface area (Å²) in [4.78, 5) is 4.00. The van der Waals surface area contributed by atoms with Crippen LogP contribution < -0.4 is 10.1 Å². The number of rotatable bonds is 7. The molecule has 18 heavy (non-hydrogen) atoms. The van der Waals surface area contributed by atoms with Crippen LogP contribution in [0.15, 0.2) is 18.5 Å². The lowest BCUT2D eigenvalue weighted by Gasteiger charge is -2.17. The molecule has 0 spiro atoms. The molecule has 0 aromatic carbocycles. The minimum Gasteiger partial charge on any atom is -0.491 e. The smallest absolute Gasteiger partial charge is 0.139 e. The third-order valence-electron chi connectivity index (χ3n) is 3.69. The van der Waals surface area contributed by atoms with Crippen molar-refractivity contribution < 1.29 is 4.74 Å². The summed E-state index contributed by atoms with van der Waals surface area (Å²) in [5, 5.41) is 4.27. The molecule has 0 aliphatic heterocycles. The Hall–Kier alpha value is -0.800. The van der Waals surface area contributed by atoms with Crippen LogP contribution in [0.1, 0.15) is 25.7 Å². The minimum atomic E-state index is 0.620. The SMILES string of the molecule is Clc1cncc(OCCNC(C2CC2)C2CC2)c1. The maximum absolute atomic E-state index is 5.85. The summed E-state index contributed by atoms with van der Waals surface area (Å²) in [6.07, 6.45) is 8.95. The number of nitrogens with zero attached hydrogens (tertiary/aromatic N) is 1. The van der Waals surface area contributed by atoms with Gasteiger partial charge in [0.25, 0.3) is 0 Å². The molecule has 3 nitrogen and oxygen atoms in total. The topological polar surface area (TPSA) is 34.1 Å². The summed E-state index contributed by atoms with van der Waals surface area (Å²) >= 11 is 5.85. The van der Waals surface area contributed by atoms with E-state index in [0.717, 1.165) is 30.2 Å². The van der Waals surface area contributed by atoms with Gasteiger partial charge in [0.05, 0.1) is 11.2 Å². The minimum absolute atomic E-state index is 0.620. The number of ether oxygens (including phenoxy) is 1. The first-order chi connectivity index (χ1) is 8.83. The third-order valence-corrected chi connectivity index (χ3v) is 3.90. The number of hydrogen-bond acceptors (Lipinski definition) is 3. The summed E-state index contributed by atoms with van der Waals surface area (Å²) in [5.74, 6) is 2.62. The Bertz CT molecular complexity index is 393. The molecule has 3 rings (SSSR count). The highest BCUT2D eigenvalue weighted by Crippen LogP contribution is 2.44. The van der Waals surface area contributed by atoms with Gasteiger partial charge in [-0.1, -0.05) is 11.6 Å². The monoisotopic (exact) mass is 266 g/mol. The lowest BCUT2D eigenvalue weighted by Crippen LogP contribution is -2.36. The molecule has 0 saturated heterocycles. The molecule has 0 unspecified atom stereocenters. The lowest BCUT2D eigenvalue weighted by molar-refractivity contribution is 0.293. The number of halogens is 1. The summed E-state index contributed by atoms with van der Waals surface area (Å²) in [7, 11) is 0. The van der Waals surface area contributed by atoms with Gasteiger partial charge in [0.2, 0.25) is 0 Å². The average Bonchev–Trinajstić information content (AvgIpc) is 3.23. The summed E-state index contributed by atoms with van der Waals surface area (Å²) in [5.41, 5.74) is 0. The summed E-state index contributed by atoms with van der Waals surface area (Å²) in [6.45, 7) is 1.59. The van der Waals surface area contributed by atoms with Crippen LogP contribution >= 0.6 is 11.6 Å². The van der Waals surface area contributed by atoms with Crippen LogP contribution in [0.2, 0.25) is 5.02 Å². The van der Waals surface area contributed by atoms with Gasteiger partial charge in [-0.05, 0) is 37.5 Å². The van der Waals surface area contributed by atoms with Crippen LogP contribution in [0.25, 0.3) is 0 Å². The molecule has 1 N–H and O–H groups in total. The van der Waals surface area contributed by atoms with Crippen molar-refractivity contribution >= 4 is 11.6 Å². The predicted molar refractivity (Wildman–Crippen MR) is 72.0 cm³/mol. The van der Waals surface area contributed by atoms with E-state index in [-0.39, 0.29) is 0 Å². The van der Waals surface area contributed by atoms with E-state index in [9.17, 15) is 0 Å². The van der Waals surface area contributed by atoms with E-state index >= 15 is 0 Å². The van der Waals surface area contributed by atoms with Crippen LogP contribution in [0.3, 0.4) is 0 Å². The van der Waals surface area contributed by atoms with Crippen molar-refractivity contribution in [2.24, 2.45) is 11.8 Å². The van der Waals surface area contributed by atoms with E-state index in [4.69, 9.17) is 16.3 Å². The normalized spacial score (nSPS) is 19.2. The maximum atomic E-state index is 5.85. The Labute approximate surface area is 113 Å². The molecule has 0 amide bonds. The molecular formula is C14H19ClN2O. The van der Waals surface area contributed by atoms with Crippen molar-refractivity contribution in [3.63, 3.8) is 0 Å². The highest BCUT2D eigenvalue weighted by molar-refractivity contribution is 6.30. The van der Waals surface area contributed by atoms with E-state index in [0.29, 0.717) is 11.6 Å². The average molecular weight is 267 g/mol. The van der Waals surface area contributed by atoms with Gasteiger partial charge in [-0.3, -0.25) is 4.98 Å². The first kappa shape index (κ1) is 12.2. The van der Waals surface area contributed by atoms with Crippen molar-refractivity contribution in [3.8, 4) is 5.75 Å². The first-order valence-electron chi connectivity index (χ1n) is 6.79. The second-order valence-electron chi connectivity index (χ2n) is 5.34. The number of pyridine rings is 1. The van der Waals surface area contributed by atoms with Gasteiger partial charge in [-0.15, -0.1) is 0 Å².